The van der Waals surface area contributed by atoms with E-state index in [0.29, 0.717) is 0 Å². The molecule has 0 spiro atoms. The highest BCUT2D eigenvalue weighted by molar-refractivity contribution is 8.00. The molecule has 0 aliphatic carbocycles. The SMILES string of the molecule is c1ccc(-c2cc3c4c(c2)N(c2ccccc2-c2ccccc2)c2nc5c(cc2B4c2ccccc2S3)B2c3ccccc3N(c3ccccc3-c3ccccc3)c3cc(N(c4ccccc4)c4ccccc4)cc(c32)N5c2ccccc2-c2ccccc2)cc1. The Kier molecular flexibility index (Phi) is 12.6. The summed E-state index contributed by atoms with van der Waals surface area (Å²) in [6.07, 6.45) is 0. The average molecular weight is 1180 g/mol. The molecule has 0 radical (unpaired) electrons. The quantitative estimate of drug-likeness (QED) is 0.127. The van der Waals surface area contributed by atoms with Crippen LogP contribution in [0, 0.1) is 0 Å². The van der Waals surface area contributed by atoms with Gasteiger partial charge in [0.25, 0.3) is 13.4 Å². The third-order valence-corrected chi connectivity index (χ3v) is 19.8. The molecular formula is C83H55B2N5S. The molecule has 18 rings (SSSR count). The van der Waals surface area contributed by atoms with E-state index < -0.39 is 0 Å². The second-order valence-corrected chi connectivity index (χ2v) is 24.8. The van der Waals surface area contributed by atoms with E-state index in [-0.39, 0.29) is 13.4 Å². The first-order chi connectivity index (χ1) is 45.2. The smallest absolute Gasteiger partial charge is 0.254 e. The van der Waals surface area contributed by atoms with Crippen LogP contribution in [0.15, 0.2) is 343 Å². The highest BCUT2D eigenvalue weighted by Gasteiger charge is 2.49. The van der Waals surface area contributed by atoms with Crippen LogP contribution in [0.1, 0.15) is 0 Å². The normalized spacial score (nSPS) is 12.9. The minimum atomic E-state index is -0.259. The fourth-order valence-corrected chi connectivity index (χ4v) is 16.0. The first kappa shape index (κ1) is 52.8. The van der Waals surface area contributed by atoms with Gasteiger partial charge in [0, 0.05) is 60.6 Å². The monoisotopic (exact) mass is 1180 g/mol. The Morgan fingerprint density at radius 1 is 0.253 bits per heavy atom. The molecule has 5 heterocycles. The lowest BCUT2D eigenvalue weighted by atomic mass is 9.31. The zero-order valence-corrected chi connectivity index (χ0v) is 50.4. The van der Waals surface area contributed by atoms with E-state index in [1.54, 1.807) is 0 Å². The van der Waals surface area contributed by atoms with Gasteiger partial charge in [-0.15, -0.1) is 0 Å². The van der Waals surface area contributed by atoms with E-state index in [1.807, 2.05) is 11.8 Å². The standard InChI is InChI=1S/C83H55B2N5S/c1-7-29-56(30-8-1)60-51-75-81-79(52-60)91-78-50-28-23-45-68(78)85(81)70-55-69-82(86-83(70)89(75)72-47-25-20-42-65(72)58-33-11-3-12-34-58)90(73-48-26-21-43-66(73)59-35-13-4-14-36-59)77-54-63(87(61-37-15-5-16-38-61)62-39-17-6-18-40-62)53-76-80(77)84(69)67-44-22-27-49-74(67)88(76)71-46-24-19-41-64(71)57-31-9-2-10-32-57/h1-55H. The number of benzene rings is 13. The molecule has 0 saturated carbocycles. The van der Waals surface area contributed by atoms with Gasteiger partial charge in [0.05, 0.1) is 22.7 Å². The molecule has 0 bridgehead atoms. The Labute approximate surface area is 535 Å². The molecule has 0 unspecified atom stereocenters. The average Bonchev–Trinajstić information content (AvgIpc) is 0.695. The third kappa shape index (κ3) is 8.62. The highest BCUT2D eigenvalue weighted by atomic mass is 32.2. The zero-order valence-electron chi connectivity index (χ0n) is 49.6. The second kappa shape index (κ2) is 21.8. The van der Waals surface area contributed by atoms with Gasteiger partial charge in [-0.25, -0.2) is 4.98 Å². The number of para-hydroxylation sites is 6. The first-order valence-corrected chi connectivity index (χ1v) is 32.1. The van der Waals surface area contributed by atoms with Crippen molar-refractivity contribution >= 4 is 126 Å². The molecule has 0 atom stereocenters. The summed E-state index contributed by atoms with van der Waals surface area (Å²) in [6, 6.07) is 123. The van der Waals surface area contributed by atoms with Gasteiger partial charge in [-0.3, -0.25) is 9.80 Å². The maximum Gasteiger partial charge on any atom is 0.254 e. The van der Waals surface area contributed by atoms with Crippen LogP contribution in [0.3, 0.4) is 0 Å². The Hall–Kier alpha value is -11.3. The van der Waals surface area contributed by atoms with E-state index in [2.05, 4.69) is 353 Å². The van der Waals surface area contributed by atoms with Crippen LogP contribution in [-0.2, 0) is 0 Å². The summed E-state index contributed by atoms with van der Waals surface area (Å²) in [4.78, 5) is 19.1. The van der Waals surface area contributed by atoms with Crippen LogP contribution >= 0.6 is 11.8 Å². The topological polar surface area (TPSA) is 25.9 Å². The van der Waals surface area contributed by atoms with Crippen LogP contribution in [0.2, 0.25) is 0 Å². The van der Waals surface area contributed by atoms with E-state index in [0.717, 1.165) is 113 Å². The summed E-state index contributed by atoms with van der Waals surface area (Å²) < 4.78 is 0. The lowest BCUT2D eigenvalue weighted by Gasteiger charge is -2.46. The molecule has 0 N–H and O–H groups in total. The van der Waals surface area contributed by atoms with Crippen molar-refractivity contribution in [1.29, 1.82) is 0 Å². The Balaban J connectivity index is 1.000. The van der Waals surface area contributed by atoms with Gasteiger partial charge in [0.1, 0.15) is 11.6 Å². The molecule has 4 aliphatic rings. The number of anilines is 12. The van der Waals surface area contributed by atoms with Crippen molar-refractivity contribution in [2.45, 2.75) is 9.79 Å². The number of nitrogens with zero attached hydrogens (tertiary/aromatic N) is 5. The number of aromatic nitrogens is 1. The molecule has 8 heteroatoms. The van der Waals surface area contributed by atoms with Gasteiger partial charge >= 0.3 is 0 Å². The summed E-state index contributed by atoms with van der Waals surface area (Å²) in [5.74, 6) is 1.78. The van der Waals surface area contributed by atoms with Gasteiger partial charge in [-0.1, -0.05) is 272 Å². The van der Waals surface area contributed by atoms with Crippen LogP contribution < -0.4 is 52.4 Å². The Morgan fingerprint density at radius 2 is 0.637 bits per heavy atom. The van der Waals surface area contributed by atoms with Gasteiger partial charge in [0.2, 0.25) is 0 Å². The second-order valence-electron chi connectivity index (χ2n) is 23.7. The van der Waals surface area contributed by atoms with Crippen molar-refractivity contribution in [1.82, 2.24) is 4.98 Å². The molecule has 424 valence electrons. The summed E-state index contributed by atoms with van der Waals surface area (Å²) in [5, 5.41) is 0. The van der Waals surface area contributed by atoms with Crippen LogP contribution in [0.25, 0.3) is 44.5 Å². The van der Waals surface area contributed by atoms with Crippen molar-refractivity contribution in [3.8, 4) is 44.5 Å². The maximum absolute atomic E-state index is 6.53. The van der Waals surface area contributed by atoms with Gasteiger partial charge in [0.15, 0.2) is 0 Å². The molecule has 0 amide bonds. The van der Waals surface area contributed by atoms with Crippen molar-refractivity contribution in [3.63, 3.8) is 0 Å². The molecule has 0 saturated heterocycles. The van der Waals surface area contributed by atoms with Crippen molar-refractivity contribution in [2.24, 2.45) is 0 Å². The minimum Gasteiger partial charge on any atom is -0.311 e. The fourth-order valence-electron chi connectivity index (χ4n) is 14.8. The van der Waals surface area contributed by atoms with E-state index in [1.165, 1.54) is 42.7 Å². The van der Waals surface area contributed by atoms with Crippen LogP contribution in [0.5, 0.6) is 0 Å². The van der Waals surface area contributed by atoms with Gasteiger partial charge in [-0.05, 0) is 134 Å². The maximum atomic E-state index is 6.53. The number of pyridine rings is 1. The van der Waals surface area contributed by atoms with Crippen molar-refractivity contribution < 1.29 is 0 Å². The molecule has 13 aromatic carbocycles. The van der Waals surface area contributed by atoms with Crippen molar-refractivity contribution in [3.05, 3.63) is 334 Å². The van der Waals surface area contributed by atoms with E-state index in [9.17, 15) is 0 Å². The minimum absolute atomic E-state index is 0.146. The predicted octanol–water partition coefficient (Wildman–Crippen LogP) is 18.1. The molecule has 14 aromatic rings. The summed E-state index contributed by atoms with van der Waals surface area (Å²) in [6.45, 7) is -0.406. The van der Waals surface area contributed by atoms with Crippen molar-refractivity contribution in [2.75, 3.05) is 19.6 Å². The molecule has 5 nitrogen and oxygen atoms in total. The molecule has 0 fully saturated rings. The predicted molar refractivity (Wildman–Crippen MR) is 385 cm³/mol. The Bertz CT molecular complexity index is 5090. The lowest BCUT2D eigenvalue weighted by Crippen LogP contribution is -2.65. The summed E-state index contributed by atoms with van der Waals surface area (Å²) >= 11 is 1.89. The summed E-state index contributed by atoms with van der Waals surface area (Å²) in [7, 11) is 0. The van der Waals surface area contributed by atoms with Gasteiger partial charge in [-0.2, -0.15) is 0 Å². The number of rotatable bonds is 10. The fraction of sp³-hybridized carbons (Fsp3) is 0. The van der Waals surface area contributed by atoms with Crippen LogP contribution in [0.4, 0.5) is 68.5 Å². The molecular weight excluding hydrogens is 1120 g/mol. The number of hydrogen-bond acceptors (Lipinski definition) is 6. The Morgan fingerprint density at radius 3 is 1.15 bits per heavy atom. The van der Waals surface area contributed by atoms with Gasteiger partial charge < -0.3 is 9.80 Å². The molecule has 1 aromatic heterocycles. The molecule has 91 heavy (non-hydrogen) atoms. The third-order valence-electron chi connectivity index (χ3n) is 18.6. The highest BCUT2D eigenvalue weighted by Crippen LogP contribution is 2.53. The zero-order chi connectivity index (χ0) is 59.9. The largest absolute Gasteiger partial charge is 0.311 e. The number of hydrogen-bond donors (Lipinski definition) is 0. The van der Waals surface area contributed by atoms with E-state index in [4.69, 9.17) is 4.98 Å². The lowest BCUT2D eigenvalue weighted by molar-refractivity contribution is 1.14. The number of fused-ring (bicyclic) bond motifs is 8. The summed E-state index contributed by atoms with van der Waals surface area (Å²) in [5.41, 5.74) is 27.1. The first-order valence-electron chi connectivity index (χ1n) is 31.3. The molecule has 4 aliphatic heterocycles. The van der Waals surface area contributed by atoms with E-state index >= 15 is 0 Å². The van der Waals surface area contributed by atoms with Crippen LogP contribution in [-0.4, -0.2) is 18.4 Å².